The molecule has 0 unspecified atom stereocenters. The minimum absolute atomic E-state index is 0.355. The molecule has 0 aliphatic rings. The number of allylic oxidation sites excluding steroid dienone is 1. The number of hydrogen-bond donors (Lipinski definition) is 0. The SMILES string of the molecule is C=CC[Te]C. The van der Waals surface area contributed by atoms with E-state index in [9.17, 15) is 0 Å². The summed E-state index contributed by atoms with van der Waals surface area (Å²) in [6, 6.07) is 0. The van der Waals surface area contributed by atoms with Crippen LogP contribution in [0.4, 0.5) is 0 Å². The summed E-state index contributed by atoms with van der Waals surface area (Å²) in [4.78, 5) is 2.27. The fourth-order valence-corrected chi connectivity index (χ4v) is 0.791. The van der Waals surface area contributed by atoms with Crippen LogP contribution in [0.25, 0.3) is 0 Å². The Labute approximate surface area is 43.3 Å². The Kier molecular flexibility index (Phi) is 5.01. The molecule has 1 heteroatoms. The minimum atomic E-state index is 0.355. The summed E-state index contributed by atoms with van der Waals surface area (Å²) < 4.78 is 1.28. The Bertz CT molecular complexity index is 24.8. The van der Waals surface area contributed by atoms with Gasteiger partial charge in [-0.05, 0) is 0 Å². The molecule has 0 aromatic rings. The third kappa shape index (κ3) is 4.53. The molecule has 0 atom stereocenters. The average molecular weight is 184 g/mol. The summed E-state index contributed by atoms with van der Waals surface area (Å²) >= 11 is 0.355. The summed E-state index contributed by atoms with van der Waals surface area (Å²) in [6.45, 7) is 3.58. The van der Waals surface area contributed by atoms with Crippen molar-refractivity contribution in [1.82, 2.24) is 0 Å². The van der Waals surface area contributed by atoms with Crippen LogP contribution < -0.4 is 0 Å². The van der Waals surface area contributed by atoms with Crippen molar-refractivity contribution >= 4 is 20.9 Å². The molecule has 0 rings (SSSR count). The summed E-state index contributed by atoms with van der Waals surface area (Å²) in [5.74, 6) is 0. The Morgan fingerprint density at radius 1 is 2.00 bits per heavy atom. The van der Waals surface area contributed by atoms with E-state index in [0.29, 0.717) is 20.9 Å². The second kappa shape index (κ2) is 4.53. The average Bonchev–Trinajstić information content (AvgIpc) is 1.41. The summed E-state index contributed by atoms with van der Waals surface area (Å²) in [6.07, 6.45) is 1.99. The molecule has 0 bridgehead atoms. The molecule has 0 heterocycles. The number of hydrogen-bond acceptors (Lipinski definition) is 0. The molecule has 0 saturated carbocycles. The van der Waals surface area contributed by atoms with Gasteiger partial charge in [0.05, 0.1) is 0 Å². The molecular weight excluding hydrogens is 176 g/mol. The Morgan fingerprint density at radius 2 is 2.60 bits per heavy atom. The fourth-order valence-electron chi connectivity index (χ4n) is 0.118. The first kappa shape index (κ1) is 5.53. The van der Waals surface area contributed by atoms with Crippen LogP contribution in [0.15, 0.2) is 12.7 Å². The molecule has 0 aliphatic heterocycles. The third-order valence-electron chi connectivity index (χ3n) is 0.285. The van der Waals surface area contributed by atoms with Gasteiger partial charge in [0.15, 0.2) is 0 Å². The first-order valence-corrected chi connectivity index (χ1v) is 5.49. The van der Waals surface area contributed by atoms with E-state index in [1.807, 2.05) is 6.08 Å². The van der Waals surface area contributed by atoms with E-state index in [1.165, 1.54) is 4.47 Å². The molecule has 0 fully saturated rings. The van der Waals surface area contributed by atoms with E-state index in [0.717, 1.165) is 0 Å². The van der Waals surface area contributed by atoms with E-state index in [2.05, 4.69) is 11.6 Å². The molecule has 0 spiro atoms. The summed E-state index contributed by atoms with van der Waals surface area (Å²) in [5, 5.41) is 0. The van der Waals surface area contributed by atoms with Crippen LogP contribution in [0.5, 0.6) is 0 Å². The van der Waals surface area contributed by atoms with Gasteiger partial charge in [-0.2, -0.15) is 0 Å². The molecule has 0 aliphatic carbocycles. The molecule has 0 radical (unpaired) electrons. The van der Waals surface area contributed by atoms with Crippen LogP contribution in [-0.4, -0.2) is 20.9 Å². The van der Waals surface area contributed by atoms with E-state index in [4.69, 9.17) is 0 Å². The molecule has 5 heavy (non-hydrogen) atoms. The molecule has 0 aromatic carbocycles. The zero-order chi connectivity index (χ0) is 4.12. The van der Waals surface area contributed by atoms with Crippen molar-refractivity contribution in [3.05, 3.63) is 12.7 Å². The van der Waals surface area contributed by atoms with Gasteiger partial charge in [-0.3, -0.25) is 0 Å². The molecule has 0 nitrogen and oxygen atoms in total. The normalized spacial score (nSPS) is 7.40. The first-order chi connectivity index (χ1) is 2.41. The van der Waals surface area contributed by atoms with Crippen LogP contribution in [0.1, 0.15) is 0 Å². The van der Waals surface area contributed by atoms with Crippen molar-refractivity contribution in [2.45, 2.75) is 9.44 Å². The predicted molar refractivity (Wildman–Crippen MR) is 26.6 cm³/mol. The summed E-state index contributed by atoms with van der Waals surface area (Å²) in [7, 11) is 0. The number of rotatable bonds is 2. The van der Waals surface area contributed by atoms with Crippen LogP contribution in [0.2, 0.25) is 9.44 Å². The quantitative estimate of drug-likeness (QED) is 0.448. The van der Waals surface area contributed by atoms with Crippen molar-refractivity contribution in [3.8, 4) is 0 Å². The Morgan fingerprint density at radius 3 is 2.60 bits per heavy atom. The summed E-state index contributed by atoms with van der Waals surface area (Å²) in [5.41, 5.74) is 0. The van der Waals surface area contributed by atoms with Gasteiger partial charge < -0.3 is 0 Å². The molecule has 0 saturated heterocycles. The molecular formula is C4H8Te. The Hall–Kier alpha value is 0.530. The predicted octanol–water partition coefficient (Wildman–Crippen LogP) is 1.34. The monoisotopic (exact) mass is 186 g/mol. The van der Waals surface area contributed by atoms with Gasteiger partial charge in [-0.1, -0.05) is 0 Å². The second-order valence-corrected chi connectivity index (χ2v) is 3.34. The molecule has 0 aromatic heterocycles. The second-order valence-electron chi connectivity index (χ2n) is 0.744. The fraction of sp³-hybridized carbons (Fsp3) is 0.500. The third-order valence-corrected chi connectivity index (χ3v) is 1.91. The van der Waals surface area contributed by atoms with E-state index in [1.54, 1.807) is 0 Å². The van der Waals surface area contributed by atoms with Crippen LogP contribution >= 0.6 is 0 Å². The van der Waals surface area contributed by atoms with Crippen molar-refractivity contribution in [2.24, 2.45) is 0 Å². The van der Waals surface area contributed by atoms with Crippen LogP contribution in [0.3, 0.4) is 0 Å². The van der Waals surface area contributed by atoms with E-state index >= 15 is 0 Å². The van der Waals surface area contributed by atoms with Gasteiger partial charge >= 0.3 is 43.0 Å². The topological polar surface area (TPSA) is 0 Å². The van der Waals surface area contributed by atoms with Crippen molar-refractivity contribution in [1.29, 1.82) is 0 Å². The maximum absolute atomic E-state index is 3.58. The van der Waals surface area contributed by atoms with Gasteiger partial charge in [0.1, 0.15) is 0 Å². The zero-order valence-electron chi connectivity index (χ0n) is 3.40. The van der Waals surface area contributed by atoms with Crippen LogP contribution in [0, 0.1) is 0 Å². The first-order valence-electron chi connectivity index (χ1n) is 1.51. The standard InChI is InChI=1S/C4H8Te/c1-3-4-5-2/h3H,1,4H2,2H3. The van der Waals surface area contributed by atoms with Gasteiger partial charge in [-0.15, -0.1) is 0 Å². The van der Waals surface area contributed by atoms with Crippen molar-refractivity contribution < 1.29 is 0 Å². The van der Waals surface area contributed by atoms with Gasteiger partial charge in [0.25, 0.3) is 0 Å². The van der Waals surface area contributed by atoms with Crippen molar-refractivity contribution in [3.63, 3.8) is 0 Å². The van der Waals surface area contributed by atoms with Gasteiger partial charge in [-0.25, -0.2) is 0 Å². The van der Waals surface area contributed by atoms with Gasteiger partial charge in [0.2, 0.25) is 0 Å². The maximum atomic E-state index is 3.58. The molecule has 0 N–H and O–H groups in total. The van der Waals surface area contributed by atoms with E-state index < -0.39 is 0 Å². The molecule has 0 amide bonds. The van der Waals surface area contributed by atoms with Gasteiger partial charge in [0, 0.05) is 0 Å². The van der Waals surface area contributed by atoms with Crippen LogP contribution in [-0.2, 0) is 0 Å². The van der Waals surface area contributed by atoms with E-state index in [-0.39, 0.29) is 0 Å². The molecule has 30 valence electrons. The zero-order valence-corrected chi connectivity index (χ0v) is 5.73. The Balaban J connectivity index is 2.40. The van der Waals surface area contributed by atoms with Crippen molar-refractivity contribution in [2.75, 3.05) is 0 Å².